The van der Waals surface area contributed by atoms with E-state index in [1.807, 2.05) is 6.07 Å². The molecule has 2 amide bonds. The highest BCUT2D eigenvalue weighted by Crippen LogP contribution is 2.25. The SMILES string of the molecule is CN(C)C(=O)c1ccccc1N1CC(N)CC1=O. The lowest BCUT2D eigenvalue weighted by molar-refractivity contribution is -0.117. The molecule has 5 heteroatoms. The Hall–Kier alpha value is -1.88. The van der Waals surface area contributed by atoms with Gasteiger partial charge in [-0.2, -0.15) is 0 Å². The fourth-order valence-corrected chi connectivity index (χ4v) is 2.10. The summed E-state index contributed by atoms with van der Waals surface area (Å²) in [6.07, 6.45) is 0.338. The maximum atomic E-state index is 12.1. The molecular weight excluding hydrogens is 230 g/mol. The van der Waals surface area contributed by atoms with Crippen molar-refractivity contribution in [2.75, 3.05) is 25.5 Å². The Balaban J connectivity index is 2.39. The molecule has 2 N–H and O–H groups in total. The smallest absolute Gasteiger partial charge is 0.255 e. The Morgan fingerprint density at radius 1 is 1.39 bits per heavy atom. The van der Waals surface area contributed by atoms with Crippen LogP contribution in [0.1, 0.15) is 16.8 Å². The summed E-state index contributed by atoms with van der Waals surface area (Å²) in [6.45, 7) is 0.469. The van der Waals surface area contributed by atoms with Crippen molar-refractivity contribution in [3.8, 4) is 0 Å². The number of anilines is 1. The van der Waals surface area contributed by atoms with Crippen LogP contribution >= 0.6 is 0 Å². The molecule has 1 unspecified atom stereocenters. The average Bonchev–Trinajstić information content (AvgIpc) is 2.67. The molecule has 1 heterocycles. The molecule has 1 fully saturated rings. The number of nitrogens with zero attached hydrogens (tertiary/aromatic N) is 2. The summed E-state index contributed by atoms with van der Waals surface area (Å²) >= 11 is 0. The van der Waals surface area contributed by atoms with E-state index in [-0.39, 0.29) is 17.9 Å². The minimum atomic E-state index is -0.153. The third-order valence-corrected chi connectivity index (χ3v) is 2.99. The zero-order chi connectivity index (χ0) is 13.3. The van der Waals surface area contributed by atoms with E-state index in [2.05, 4.69) is 0 Å². The number of para-hydroxylation sites is 1. The largest absolute Gasteiger partial charge is 0.345 e. The van der Waals surface area contributed by atoms with Gasteiger partial charge in [-0.25, -0.2) is 0 Å². The van der Waals surface area contributed by atoms with E-state index in [0.29, 0.717) is 24.2 Å². The molecule has 0 saturated carbocycles. The van der Waals surface area contributed by atoms with Crippen molar-refractivity contribution in [3.05, 3.63) is 29.8 Å². The molecule has 0 bridgehead atoms. The van der Waals surface area contributed by atoms with Gasteiger partial charge in [0, 0.05) is 33.1 Å². The zero-order valence-corrected chi connectivity index (χ0v) is 10.6. The molecule has 0 aromatic heterocycles. The van der Waals surface area contributed by atoms with E-state index in [0.717, 1.165) is 0 Å². The first-order valence-corrected chi connectivity index (χ1v) is 5.87. The highest BCUT2D eigenvalue weighted by atomic mass is 16.2. The van der Waals surface area contributed by atoms with Crippen LogP contribution in [-0.2, 0) is 4.79 Å². The van der Waals surface area contributed by atoms with E-state index in [9.17, 15) is 9.59 Å². The van der Waals surface area contributed by atoms with Crippen molar-refractivity contribution in [1.29, 1.82) is 0 Å². The van der Waals surface area contributed by atoms with Crippen LogP contribution in [0.3, 0.4) is 0 Å². The van der Waals surface area contributed by atoms with Crippen molar-refractivity contribution < 1.29 is 9.59 Å². The van der Waals surface area contributed by atoms with Crippen LogP contribution in [0.5, 0.6) is 0 Å². The average molecular weight is 247 g/mol. The van der Waals surface area contributed by atoms with Crippen molar-refractivity contribution in [1.82, 2.24) is 4.90 Å². The molecule has 18 heavy (non-hydrogen) atoms. The van der Waals surface area contributed by atoms with E-state index in [1.54, 1.807) is 37.2 Å². The van der Waals surface area contributed by atoms with Gasteiger partial charge in [0.25, 0.3) is 5.91 Å². The number of carbonyl (C=O) groups is 2. The monoisotopic (exact) mass is 247 g/mol. The second-order valence-electron chi connectivity index (χ2n) is 4.69. The second-order valence-corrected chi connectivity index (χ2v) is 4.69. The fourth-order valence-electron chi connectivity index (χ4n) is 2.10. The molecule has 2 rings (SSSR count). The number of amides is 2. The summed E-state index contributed by atoms with van der Waals surface area (Å²) in [5.74, 6) is -0.139. The second kappa shape index (κ2) is 4.78. The van der Waals surface area contributed by atoms with Crippen LogP contribution in [-0.4, -0.2) is 43.4 Å². The number of nitrogens with two attached hydrogens (primary N) is 1. The summed E-state index contributed by atoms with van der Waals surface area (Å²) in [5.41, 5.74) is 6.96. The molecule has 1 aliphatic rings. The van der Waals surface area contributed by atoms with Gasteiger partial charge in [0.2, 0.25) is 5.91 Å². The van der Waals surface area contributed by atoms with Crippen LogP contribution in [0.4, 0.5) is 5.69 Å². The predicted octanol–water partition coefficient (Wildman–Crippen LogP) is 0.452. The number of carbonyl (C=O) groups excluding carboxylic acids is 2. The predicted molar refractivity (Wildman–Crippen MR) is 69.4 cm³/mol. The molecule has 1 aromatic rings. The van der Waals surface area contributed by atoms with Crippen LogP contribution in [0.25, 0.3) is 0 Å². The lowest BCUT2D eigenvalue weighted by Crippen LogP contribution is -2.31. The highest BCUT2D eigenvalue weighted by molar-refractivity contribution is 6.05. The molecule has 5 nitrogen and oxygen atoms in total. The summed E-state index contributed by atoms with van der Waals surface area (Å²) in [6, 6.07) is 6.97. The standard InChI is InChI=1S/C13H17N3O2/c1-15(2)13(18)10-5-3-4-6-11(10)16-8-9(14)7-12(16)17/h3-6,9H,7-8,14H2,1-2H3. The van der Waals surface area contributed by atoms with Gasteiger partial charge >= 0.3 is 0 Å². The van der Waals surface area contributed by atoms with Gasteiger partial charge < -0.3 is 15.5 Å². The molecule has 0 radical (unpaired) electrons. The van der Waals surface area contributed by atoms with Crippen molar-refractivity contribution in [2.45, 2.75) is 12.5 Å². The third kappa shape index (κ3) is 2.22. The van der Waals surface area contributed by atoms with Crippen molar-refractivity contribution >= 4 is 17.5 Å². The maximum absolute atomic E-state index is 12.1. The maximum Gasteiger partial charge on any atom is 0.255 e. The van der Waals surface area contributed by atoms with Crippen LogP contribution < -0.4 is 10.6 Å². The highest BCUT2D eigenvalue weighted by Gasteiger charge is 2.30. The number of hydrogen-bond donors (Lipinski definition) is 1. The normalized spacial score (nSPS) is 19.2. The Morgan fingerprint density at radius 3 is 2.61 bits per heavy atom. The van der Waals surface area contributed by atoms with Gasteiger partial charge in [-0.15, -0.1) is 0 Å². The summed E-state index contributed by atoms with van der Waals surface area (Å²) in [7, 11) is 3.38. The Bertz CT molecular complexity index is 485. The Labute approximate surface area is 106 Å². The van der Waals surface area contributed by atoms with Gasteiger partial charge in [-0.1, -0.05) is 12.1 Å². The molecule has 96 valence electrons. The molecule has 1 saturated heterocycles. The lowest BCUT2D eigenvalue weighted by Gasteiger charge is -2.21. The summed E-state index contributed by atoms with van der Waals surface area (Å²) in [5, 5.41) is 0. The summed E-state index contributed by atoms with van der Waals surface area (Å²) < 4.78 is 0. The minimum absolute atomic E-state index is 0.0264. The topological polar surface area (TPSA) is 66.6 Å². The molecule has 1 aromatic carbocycles. The Morgan fingerprint density at radius 2 is 2.06 bits per heavy atom. The Kier molecular flexibility index (Phi) is 3.34. The lowest BCUT2D eigenvalue weighted by atomic mass is 10.1. The zero-order valence-electron chi connectivity index (χ0n) is 10.6. The first-order valence-electron chi connectivity index (χ1n) is 5.87. The van der Waals surface area contributed by atoms with Crippen LogP contribution in [0.15, 0.2) is 24.3 Å². The van der Waals surface area contributed by atoms with Crippen LogP contribution in [0, 0.1) is 0 Å². The van der Waals surface area contributed by atoms with Gasteiger partial charge in [0.05, 0.1) is 11.3 Å². The van der Waals surface area contributed by atoms with E-state index in [4.69, 9.17) is 5.73 Å². The van der Waals surface area contributed by atoms with Gasteiger partial charge in [-0.3, -0.25) is 9.59 Å². The van der Waals surface area contributed by atoms with Crippen molar-refractivity contribution in [3.63, 3.8) is 0 Å². The van der Waals surface area contributed by atoms with E-state index >= 15 is 0 Å². The number of rotatable bonds is 2. The molecule has 0 aliphatic carbocycles. The summed E-state index contributed by atoms with van der Waals surface area (Å²) in [4.78, 5) is 27.0. The number of hydrogen-bond acceptors (Lipinski definition) is 3. The molecule has 1 atom stereocenters. The molecule has 0 spiro atoms. The third-order valence-electron chi connectivity index (χ3n) is 2.99. The van der Waals surface area contributed by atoms with E-state index < -0.39 is 0 Å². The van der Waals surface area contributed by atoms with E-state index in [1.165, 1.54) is 4.90 Å². The fraction of sp³-hybridized carbons (Fsp3) is 0.385. The number of benzene rings is 1. The van der Waals surface area contributed by atoms with Crippen LogP contribution in [0.2, 0.25) is 0 Å². The molecular formula is C13H17N3O2. The van der Waals surface area contributed by atoms with Gasteiger partial charge in [0.15, 0.2) is 0 Å². The van der Waals surface area contributed by atoms with Crippen molar-refractivity contribution in [2.24, 2.45) is 5.73 Å². The molecule has 1 aliphatic heterocycles. The quantitative estimate of drug-likeness (QED) is 0.825. The first-order chi connectivity index (χ1) is 8.50. The van der Waals surface area contributed by atoms with Gasteiger partial charge in [-0.05, 0) is 12.1 Å². The minimum Gasteiger partial charge on any atom is -0.345 e. The van der Waals surface area contributed by atoms with Gasteiger partial charge in [0.1, 0.15) is 0 Å². The first kappa shape index (κ1) is 12.6.